The lowest BCUT2D eigenvalue weighted by Gasteiger charge is -2.34. The van der Waals surface area contributed by atoms with Crippen LogP contribution in [-0.4, -0.2) is 44.7 Å². The lowest BCUT2D eigenvalue weighted by molar-refractivity contribution is -0.129. The minimum absolute atomic E-state index is 0.178. The van der Waals surface area contributed by atoms with E-state index < -0.39 is 0 Å². The smallest absolute Gasteiger partial charge is 0.219 e. The Hall–Kier alpha value is -1.43. The lowest BCUT2D eigenvalue weighted by atomic mass is 9.98. The van der Waals surface area contributed by atoms with Crippen molar-refractivity contribution in [3.05, 3.63) is 12.2 Å². The van der Waals surface area contributed by atoms with Gasteiger partial charge in [0.1, 0.15) is 12.2 Å². The normalized spacial score (nSPS) is 18.6. The maximum atomic E-state index is 11.4. The van der Waals surface area contributed by atoms with Crippen molar-refractivity contribution in [2.45, 2.75) is 45.7 Å². The molecule has 0 saturated carbocycles. The molecule has 1 aromatic rings. The van der Waals surface area contributed by atoms with Gasteiger partial charge < -0.3 is 10.2 Å². The van der Waals surface area contributed by atoms with Crippen LogP contribution >= 0.6 is 0 Å². The largest absolute Gasteiger partial charge is 0.343 e. The Morgan fingerprint density at radius 1 is 1.40 bits per heavy atom. The van der Waals surface area contributed by atoms with Crippen molar-refractivity contribution in [2.24, 2.45) is 13.0 Å². The fourth-order valence-electron chi connectivity index (χ4n) is 2.77. The van der Waals surface area contributed by atoms with Crippen molar-refractivity contribution in [1.29, 1.82) is 0 Å². The Morgan fingerprint density at radius 2 is 2.05 bits per heavy atom. The van der Waals surface area contributed by atoms with Gasteiger partial charge in [0.2, 0.25) is 5.91 Å². The maximum absolute atomic E-state index is 11.4. The SMILES string of the molecule is CC(=O)N1CCC(N[C@@H](c2ncnn2C)C(C)C)CC1. The molecular weight excluding hydrogens is 254 g/mol. The van der Waals surface area contributed by atoms with E-state index in [0.717, 1.165) is 31.8 Å². The van der Waals surface area contributed by atoms with Crippen LogP contribution in [-0.2, 0) is 11.8 Å². The Bertz CT molecular complexity index is 448. The number of rotatable bonds is 4. The van der Waals surface area contributed by atoms with E-state index in [2.05, 4.69) is 29.2 Å². The molecule has 1 aromatic heterocycles. The van der Waals surface area contributed by atoms with Crippen molar-refractivity contribution in [1.82, 2.24) is 25.0 Å². The van der Waals surface area contributed by atoms with Gasteiger partial charge in [0.25, 0.3) is 0 Å². The minimum atomic E-state index is 0.178. The summed E-state index contributed by atoms with van der Waals surface area (Å²) in [6.07, 6.45) is 3.60. The third-order valence-electron chi connectivity index (χ3n) is 4.05. The molecule has 20 heavy (non-hydrogen) atoms. The van der Waals surface area contributed by atoms with Crippen LogP contribution in [0.2, 0.25) is 0 Å². The first-order chi connectivity index (χ1) is 9.49. The van der Waals surface area contributed by atoms with E-state index in [1.807, 2.05) is 16.6 Å². The second-order valence-electron chi connectivity index (χ2n) is 5.91. The van der Waals surface area contributed by atoms with Crippen LogP contribution in [0.4, 0.5) is 0 Å². The number of hydrogen-bond donors (Lipinski definition) is 1. The Kier molecular flexibility index (Phi) is 4.75. The molecule has 1 aliphatic rings. The quantitative estimate of drug-likeness (QED) is 0.897. The molecule has 0 bridgehead atoms. The lowest BCUT2D eigenvalue weighted by Crippen LogP contribution is -2.46. The van der Waals surface area contributed by atoms with Crippen molar-refractivity contribution < 1.29 is 4.79 Å². The first-order valence-electron chi connectivity index (χ1n) is 7.34. The Labute approximate surface area is 120 Å². The Balaban J connectivity index is 1.97. The van der Waals surface area contributed by atoms with Crippen molar-refractivity contribution >= 4 is 5.91 Å². The summed E-state index contributed by atoms with van der Waals surface area (Å²) in [5.74, 6) is 1.61. The van der Waals surface area contributed by atoms with E-state index in [1.54, 1.807) is 13.3 Å². The van der Waals surface area contributed by atoms with E-state index in [1.165, 1.54) is 0 Å². The number of aryl methyl sites for hydroxylation is 1. The van der Waals surface area contributed by atoms with Crippen LogP contribution in [0.3, 0.4) is 0 Å². The van der Waals surface area contributed by atoms with Crippen LogP contribution in [0, 0.1) is 5.92 Å². The summed E-state index contributed by atoms with van der Waals surface area (Å²) in [7, 11) is 1.93. The molecule has 0 aliphatic carbocycles. The van der Waals surface area contributed by atoms with Crippen molar-refractivity contribution in [3.8, 4) is 0 Å². The zero-order valence-electron chi connectivity index (χ0n) is 12.8. The van der Waals surface area contributed by atoms with Gasteiger partial charge in [-0.15, -0.1) is 0 Å². The minimum Gasteiger partial charge on any atom is -0.343 e. The molecule has 0 spiro atoms. The zero-order chi connectivity index (χ0) is 14.7. The summed E-state index contributed by atoms with van der Waals surface area (Å²) in [6.45, 7) is 7.71. The number of nitrogens with one attached hydrogen (secondary N) is 1. The molecule has 0 radical (unpaired) electrons. The van der Waals surface area contributed by atoms with Crippen LogP contribution in [0.5, 0.6) is 0 Å². The van der Waals surface area contributed by atoms with Gasteiger partial charge in [0.05, 0.1) is 6.04 Å². The van der Waals surface area contributed by atoms with E-state index in [9.17, 15) is 4.79 Å². The van der Waals surface area contributed by atoms with Gasteiger partial charge in [-0.25, -0.2) is 4.98 Å². The number of likely N-dealkylation sites (tertiary alicyclic amines) is 1. The average molecular weight is 279 g/mol. The topological polar surface area (TPSA) is 63.1 Å². The molecule has 2 rings (SSSR count). The summed E-state index contributed by atoms with van der Waals surface area (Å²) < 4.78 is 1.84. The number of carbonyl (C=O) groups is 1. The molecular formula is C14H25N5O. The molecule has 1 N–H and O–H groups in total. The fourth-order valence-corrected chi connectivity index (χ4v) is 2.77. The summed E-state index contributed by atoms with van der Waals surface area (Å²) in [5, 5.41) is 7.86. The highest BCUT2D eigenvalue weighted by atomic mass is 16.2. The molecule has 112 valence electrons. The van der Waals surface area contributed by atoms with Crippen molar-refractivity contribution in [3.63, 3.8) is 0 Å². The first kappa shape index (κ1) is 15.0. The molecule has 6 heteroatoms. The van der Waals surface area contributed by atoms with Gasteiger partial charge in [0, 0.05) is 33.1 Å². The number of nitrogens with zero attached hydrogens (tertiary/aromatic N) is 4. The van der Waals surface area contributed by atoms with E-state index in [4.69, 9.17) is 0 Å². The highest BCUT2D eigenvalue weighted by molar-refractivity contribution is 5.73. The zero-order valence-corrected chi connectivity index (χ0v) is 12.8. The van der Waals surface area contributed by atoms with Crippen LogP contribution < -0.4 is 5.32 Å². The van der Waals surface area contributed by atoms with Gasteiger partial charge in [-0.1, -0.05) is 13.8 Å². The molecule has 1 atom stereocenters. The van der Waals surface area contributed by atoms with Gasteiger partial charge in [-0.3, -0.25) is 9.48 Å². The number of piperidine rings is 1. The van der Waals surface area contributed by atoms with Crippen LogP contribution in [0.1, 0.15) is 45.5 Å². The molecule has 1 amide bonds. The second-order valence-corrected chi connectivity index (χ2v) is 5.91. The summed E-state index contributed by atoms with van der Waals surface area (Å²) in [4.78, 5) is 17.6. The van der Waals surface area contributed by atoms with Gasteiger partial charge in [-0.05, 0) is 18.8 Å². The maximum Gasteiger partial charge on any atom is 0.219 e. The van der Waals surface area contributed by atoms with Gasteiger partial charge in [-0.2, -0.15) is 5.10 Å². The van der Waals surface area contributed by atoms with E-state index in [-0.39, 0.29) is 11.9 Å². The molecule has 0 unspecified atom stereocenters. The van der Waals surface area contributed by atoms with Gasteiger partial charge in [0.15, 0.2) is 0 Å². The van der Waals surface area contributed by atoms with Crippen LogP contribution in [0.25, 0.3) is 0 Å². The molecule has 1 fully saturated rings. The second kappa shape index (κ2) is 6.35. The van der Waals surface area contributed by atoms with Gasteiger partial charge >= 0.3 is 0 Å². The highest BCUT2D eigenvalue weighted by Gasteiger charge is 2.27. The summed E-state index contributed by atoms with van der Waals surface area (Å²) in [6, 6.07) is 0.645. The predicted molar refractivity (Wildman–Crippen MR) is 77.0 cm³/mol. The third kappa shape index (κ3) is 3.36. The Morgan fingerprint density at radius 3 is 2.50 bits per heavy atom. The van der Waals surface area contributed by atoms with E-state index >= 15 is 0 Å². The standard InChI is InChI=1S/C14H25N5O/c1-10(2)13(14-15-9-16-18(14)4)17-12-5-7-19(8-6-12)11(3)20/h9-10,12-13,17H,5-8H2,1-4H3/t13-/m1/s1. The third-order valence-corrected chi connectivity index (χ3v) is 4.05. The highest BCUT2D eigenvalue weighted by Crippen LogP contribution is 2.22. The number of aromatic nitrogens is 3. The fraction of sp³-hybridized carbons (Fsp3) is 0.786. The van der Waals surface area contributed by atoms with Crippen LogP contribution in [0.15, 0.2) is 6.33 Å². The summed E-state index contributed by atoms with van der Waals surface area (Å²) >= 11 is 0. The summed E-state index contributed by atoms with van der Waals surface area (Å²) in [5.41, 5.74) is 0. The monoisotopic (exact) mass is 279 g/mol. The number of hydrogen-bond acceptors (Lipinski definition) is 4. The predicted octanol–water partition coefficient (Wildman–Crippen LogP) is 1.11. The molecule has 6 nitrogen and oxygen atoms in total. The molecule has 0 aromatic carbocycles. The average Bonchev–Trinajstić information content (AvgIpc) is 2.82. The number of carbonyl (C=O) groups excluding carboxylic acids is 1. The van der Waals surface area contributed by atoms with E-state index in [0.29, 0.717) is 12.0 Å². The first-order valence-corrected chi connectivity index (χ1v) is 7.34. The van der Waals surface area contributed by atoms with Crippen molar-refractivity contribution in [2.75, 3.05) is 13.1 Å². The molecule has 1 aliphatic heterocycles. The molecule has 1 saturated heterocycles. The molecule has 2 heterocycles. The number of amides is 1.